The van der Waals surface area contributed by atoms with E-state index in [1.54, 1.807) is 54.6 Å². The van der Waals surface area contributed by atoms with E-state index in [9.17, 15) is 18.0 Å². The second-order valence-electron chi connectivity index (χ2n) is 10.7. The summed E-state index contributed by atoms with van der Waals surface area (Å²) in [5.74, 6) is -0.285. The number of carbonyl (C=O) groups is 2. The summed E-state index contributed by atoms with van der Waals surface area (Å²) >= 11 is 12.6. The molecule has 2 amide bonds. The van der Waals surface area contributed by atoms with Crippen LogP contribution in [0.5, 0.6) is 5.75 Å². The van der Waals surface area contributed by atoms with Crippen molar-refractivity contribution in [3.8, 4) is 5.75 Å². The number of halogens is 2. The first-order chi connectivity index (χ1) is 20.5. The summed E-state index contributed by atoms with van der Waals surface area (Å²) in [5, 5.41) is 3.88. The molecule has 3 aromatic carbocycles. The lowest BCUT2D eigenvalue weighted by Gasteiger charge is -2.34. The Balaban J connectivity index is 1.73. The van der Waals surface area contributed by atoms with E-state index < -0.39 is 28.5 Å². The smallest absolute Gasteiger partial charge is 0.264 e. The van der Waals surface area contributed by atoms with Crippen LogP contribution in [0.15, 0.2) is 71.6 Å². The minimum absolute atomic E-state index is 0.00748. The van der Waals surface area contributed by atoms with Gasteiger partial charge in [-0.25, -0.2) is 8.42 Å². The first-order valence-corrected chi connectivity index (χ1v) is 16.5. The minimum atomic E-state index is -4.18. The fourth-order valence-corrected chi connectivity index (χ4v) is 7.12. The van der Waals surface area contributed by atoms with Crippen LogP contribution in [0.3, 0.4) is 0 Å². The summed E-state index contributed by atoms with van der Waals surface area (Å²) < 4.78 is 34.4. The average molecular weight is 647 g/mol. The first kappa shape index (κ1) is 32.6. The predicted octanol–water partition coefficient (Wildman–Crippen LogP) is 6.37. The van der Waals surface area contributed by atoms with E-state index in [1.807, 2.05) is 13.8 Å². The normalized spacial score (nSPS) is 14.3. The summed E-state index contributed by atoms with van der Waals surface area (Å²) in [6, 6.07) is 17.0. The third kappa shape index (κ3) is 8.02. The van der Waals surface area contributed by atoms with Gasteiger partial charge in [-0.15, -0.1) is 0 Å². The van der Waals surface area contributed by atoms with Crippen molar-refractivity contribution in [2.75, 3.05) is 18.0 Å². The Morgan fingerprint density at radius 3 is 2.23 bits per heavy atom. The molecule has 1 saturated carbocycles. The molecule has 0 radical (unpaired) electrons. The molecule has 0 bridgehead atoms. The van der Waals surface area contributed by atoms with Gasteiger partial charge in [0.05, 0.1) is 17.7 Å². The number of benzene rings is 3. The maximum Gasteiger partial charge on any atom is 0.264 e. The highest BCUT2D eigenvalue weighted by atomic mass is 35.5. The molecule has 43 heavy (non-hydrogen) atoms. The van der Waals surface area contributed by atoms with Gasteiger partial charge < -0.3 is 15.0 Å². The van der Waals surface area contributed by atoms with Crippen molar-refractivity contribution in [2.45, 2.75) is 69.5 Å². The highest BCUT2D eigenvalue weighted by molar-refractivity contribution is 7.92. The fourth-order valence-electron chi connectivity index (χ4n) is 5.24. The minimum Gasteiger partial charge on any atom is -0.497 e. The van der Waals surface area contributed by atoms with Crippen LogP contribution in [0.2, 0.25) is 10.0 Å². The quantitative estimate of drug-likeness (QED) is 0.247. The number of anilines is 1. The van der Waals surface area contributed by atoms with Gasteiger partial charge in [-0.2, -0.15) is 0 Å². The maximum absolute atomic E-state index is 14.3. The summed E-state index contributed by atoms with van der Waals surface area (Å²) in [4.78, 5) is 29.3. The van der Waals surface area contributed by atoms with Gasteiger partial charge in [0.15, 0.2) is 0 Å². The lowest BCUT2D eigenvalue weighted by Crippen LogP contribution is -2.53. The summed E-state index contributed by atoms with van der Waals surface area (Å²) in [6.45, 7) is 3.14. The van der Waals surface area contributed by atoms with Gasteiger partial charge in [-0.05, 0) is 80.3 Å². The van der Waals surface area contributed by atoms with Crippen LogP contribution in [0, 0.1) is 6.92 Å². The van der Waals surface area contributed by atoms with Crippen molar-refractivity contribution in [2.24, 2.45) is 0 Å². The Morgan fingerprint density at radius 1 is 1.00 bits per heavy atom. The molecule has 0 aromatic heterocycles. The molecule has 230 valence electrons. The van der Waals surface area contributed by atoms with Crippen LogP contribution in [0.25, 0.3) is 0 Å². The van der Waals surface area contributed by atoms with Gasteiger partial charge in [-0.1, -0.05) is 66.7 Å². The number of hydrogen-bond acceptors (Lipinski definition) is 5. The molecule has 0 aliphatic heterocycles. The van der Waals surface area contributed by atoms with Crippen LogP contribution < -0.4 is 14.4 Å². The molecule has 1 fully saturated rings. The van der Waals surface area contributed by atoms with Crippen molar-refractivity contribution in [1.29, 1.82) is 0 Å². The maximum atomic E-state index is 14.3. The highest BCUT2D eigenvalue weighted by Gasteiger charge is 2.35. The van der Waals surface area contributed by atoms with Crippen LogP contribution in [-0.2, 0) is 26.2 Å². The number of ether oxygens (including phenoxy) is 1. The molecule has 0 spiro atoms. The second kappa shape index (κ2) is 14.5. The van der Waals surface area contributed by atoms with Crippen molar-refractivity contribution in [1.82, 2.24) is 10.2 Å². The van der Waals surface area contributed by atoms with Gasteiger partial charge in [-0.3, -0.25) is 13.9 Å². The lowest BCUT2D eigenvalue weighted by atomic mass is 10.1. The van der Waals surface area contributed by atoms with E-state index in [0.717, 1.165) is 35.6 Å². The third-order valence-electron chi connectivity index (χ3n) is 7.69. The number of carbonyl (C=O) groups excluding carboxylic acids is 2. The highest BCUT2D eigenvalue weighted by Crippen LogP contribution is 2.28. The standard InChI is InChI=1S/C32H37Cl2N3O5S/c1-4-30(32(39)35-25-7-5-6-8-25)36(20-23-11-12-24(33)19-29(23)34)31(38)21-37(26-13-15-27(42-3)16-14-26)43(40,41)28-17-9-22(2)10-18-28/h9-19,25,30H,4-8,20-21H2,1-3H3,(H,35,39)/t30-/m0/s1. The summed E-state index contributed by atoms with van der Waals surface area (Å²) in [6.07, 6.45) is 4.18. The molecule has 0 saturated heterocycles. The Bertz CT molecular complexity index is 1530. The fraction of sp³-hybridized carbons (Fsp3) is 0.375. The third-order valence-corrected chi connectivity index (χ3v) is 10.1. The van der Waals surface area contributed by atoms with Crippen LogP contribution in [0.4, 0.5) is 5.69 Å². The number of methoxy groups -OCH3 is 1. The number of rotatable bonds is 12. The largest absolute Gasteiger partial charge is 0.497 e. The molecule has 4 rings (SSSR count). The summed E-state index contributed by atoms with van der Waals surface area (Å²) in [5.41, 5.74) is 1.77. The van der Waals surface area contributed by atoms with Crippen molar-refractivity contribution in [3.63, 3.8) is 0 Å². The van der Waals surface area contributed by atoms with E-state index in [4.69, 9.17) is 27.9 Å². The summed E-state index contributed by atoms with van der Waals surface area (Å²) in [7, 11) is -2.66. The Kier molecular flexibility index (Phi) is 11.0. The molecule has 0 unspecified atom stereocenters. The van der Waals surface area contributed by atoms with Gasteiger partial charge in [0, 0.05) is 22.6 Å². The predicted molar refractivity (Wildman–Crippen MR) is 170 cm³/mol. The van der Waals surface area contributed by atoms with Crippen molar-refractivity contribution >= 4 is 50.7 Å². The SMILES string of the molecule is CC[C@@H](C(=O)NC1CCCC1)N(Cc1ccc(Cl)cc1Cl)C(=O)CN(c1ccc(OC)cc1)S(=O)(=O)c1ccc(C)cc1. The average Bonchev–Trinajstić information content (AvgIpc) is 3.50. The molecule has 1 N–H and O–H groups in total. The van der Waals surface area contributed by atoms with E-state index >= 15 is 0 Å². The molecule has 1 aliphatic carbocycles. The Labute approximate surface area is 264 Å². The Hall–Kier alpha value is -3.27. The first-order valence-electron chi connectivity index (χ1n) is 14.3. The Morgan fingerprint density at radius 2 is 1.65 bits per heavy atom. The molecule has 1 atom stereocenters. The van der Waals surface area contributed by atoms with E-state index in [1.165, 1.54) is 24.1 Å². The van der Waals surface area contributed by atoms with E-state index in [2.05, 4.69) is 5.32 Å². The van der Waals surface area contributed by atoms with Gasteiger partial charge in [0.25, 0.3) is 10.0 Å². The van der Waals surface area contributed by atoms with Gasteiger partial charge >= 0.3 is 0 Å². The topological polar surface area (TPSA) is 96.0 Å². The molecular formula is C32H37Cl2N3O5S. The molecule has 8 nitrogen and oxygen atoms in total. The van der Waals surface area contributed by atoms with E-state index in [-0.39, 0.29) is 29.1 Å². The molecule has 3 aromatic rings. The van der Waals surface area contributed by atoms with E-state index in [0.29, 0.717) is 27.8 Å². The number of sulfonamides is 1. The number of nitrogens with zero attached hydrogens (tertiary/aromatic N) is 2. The molecular weight excluding hydrogens is 609 g/mol. The van der Waals surface area contributed by atoms with Crippen LogP contribution >= 0.6 is 23.2 Å². The van der Waals surface area contributed by atoms with Crippen LogP contribution in [0.1, 0.15) is 50.2 Å². The van der Waals surface area contributed by atoms with Crippen molar-refractivity contribution in [3.05, 3.63) is 87.9 Å². The number of nitrogens with one attached hydrogen (secondary N) is 1. The van der Waals surface area contributed by atoms with Crippen LogP contribution in [-0.4, -0.2) is 50.9 Å². The molecule has 1 aliphatic rings. The number of amides is 2. The molecule has 0 heterocycles. The second-order valence-corrected chi connectivity index (χ2v) is 13.4. The lowest BCUT2D eigenvalue weighted by molar-refractivity contribution is -0.140. The van der Waals surface area contributed by atoms with Gasteiger partial charge in [0.2, 0.25) is 11.8 Å². The zero-order valence-electron chi connectivity index (χ0n) is 24.6. The van der Waals surface area contributed by atoms with Crippen molar-refractivity contribution < 1.29 is 22.7 Å². The number of hydrogen-bond donors (Lipinski definition) is 1. The monoisotopic (exact) mass is 645 g/mol. The van der Waals surface area contributed by atoms with Gasteiger partial charge in [0.1, 0.15) is 18.3 Å². The zero-order valence-corrected chi connectivity index (χ0v) is 26.9. The molecule has 11 heteroatoms. The number of aryl methyl sites for hydroxylation is 1. The zero-order chi connectivity index (χ0) is 31.1.